The molecule has 0 aromatic heterocycles. The number of amides is 1. The minimum atomic E-state index is -0.569. The van der Waals surface area contributed by atoms with Crippen LogP contribution in [0.25, 0.3) is 0 Å². The molecule has 0 bridgehead atoms. The van der Waals surface area contributed by atoms with Crippen LogP contribution in [0.1, 0.15) is 5.56 Å². The number of hydrogen-bond donors (Lipinski definition) is 1. The van der Waals surface area contributed by atoms with Crippen LogP contribution in [-0.2, 0) is 11.4 Å². The summed E-state index contributed by atoms with van der Waals surface area (Å²) in [6, 6.07) is 6.64. The first kappa shape index (κ1) is 10.9. The van der Waals surface area contributed by atoms with E-state index >= 15 is 0 Å². The van der Waals surface area contributed by atoms with E-state index in [1.54, 1.807) is 24.3 Å². The van der Waals surface area contributed by atoms with E-state index in [4.69, 9.17) is 9.84 Å². The quantitative estimate of drug-likeness (QED) is 0.847. The van der Waals surface area contributed by atoms with Gasteiger partial charge in [0.2, 0.25) is 0 Å². The average Bonchev–Trinajstić information content (AvgIpc) is 2.71. The minimum absolute atomic E-state index is 0.203. The van der Waals surface area contributed by atoms with Gasteiger partial charge in [0.1, 0.15) is 12.8 Å². The lowest BCUT2D eigenvalue weighted by atomic mass is 10.2. The number of aliphatic hydroxyl groups is 1. The largest absolute Gasteiger partial charge is 0.441 e. The molecule has 0 saturated carbocycles. The van der Waals surface area contributed by atoms with Gasteiger partial charge in [0.15, 0.2) is 0 Å². The molecule has 4 nitrogen and oxygen atoms in total. The number of cyclic esters (lactones) is 1. The molecule has 1 aromatic rings. The number of aliphatic hydroxyl groups excluding tert-OH is 1. The second kappa shape index (κ2) is 4.49. The summed E-state index contributed by atoms with van der Waals surface area (Å²) in [4.78, 5) is 12.8. The van der Waals surface area contributed by atoms with Gasteiger partial charge in [0.25, 0.3) is 0 Å². The van der Waals surface area contributed by atoms with Crippen molar-refractivity contribution in [2.45, 2.75) is 12.8 Å². The van der Waals surface area contributed by atoms with Crippen LogP contribution in [0.5, 0.6) is 0 Å². The maximum atomic E-state index is 12.5. The third kappa shape index (κ3) is 1.99. The molecule has 1 atom stereocenters. The van der Waals surface area contributed by atoms with Crippen molar-refractivity contribution in [1.82, 2.24) is 0 Å². The van der Waals surface area contributed by atoms with Gasteiger partial charge in [-0.05, 0) is 17.7 Å². The standard InChI is InChI=1S/C11H12FNO3/c12-5-8-2-1-3-9(4-8)13-6-10(7-14)16-11(13)15/h1-4,10,14H,5-7H2/t10-/m1/s1. The molecular formula is C11H12FNO3. The van der Waals surface area contributed by atoms with E-state index in [0.29, 0.717) is 17.8 Å². The zero-order chi connectivity index (χ0) is 11.5. The number of carbonyl (C=O) groups is 1. The molecule has 1 fully saturated rings. The van der Waals surface area contributed by atoms with Crippen molar-refractivity contribution in [3.63, 3.8) is 0 Å². The minimum Gasteiger partial charge on any atom is -0.441 e. The van der Waals surface area contributed by atoms with Gasteiger partial charge >= 0.3 is 6.09 Å². The fraction of sp³-hybridized carbons (Fsp3) is 0.364. The molecule has 1 N–H and O–H groups in total. The summed E-state index contributed by atoms with van der Waals surface area (Å²) in [5, 5.41) is 8.89. The Morgan fingerprint density at radius 2 is 2.38 bits per heavy atom. The van der Waals surface area contributed by atoms with Gasteiger partial charge in [-0.3, -0.25) is 4.90 Å². The third-order valence-corrected chi connectivity index (χ3v) is 2.45. The summed E-state index contributed by atoms with van der Waals surface area (Å²) < 4.78 is 17.4. The molecular weight excluding hydrogens is 213 g/mol. The monoisotopic (exact) mass is 225 g/mol. The van der Waals surface area contributed by atoms with E-state index in [-0.39, 0.29) is 6.61 Å². The Bertz CT molecular complexity index is 397. The van der Waals surface area contributed by atoms with Gasteiger partial charge in [-0.25, -0.2) is 9.18 Å². The second-order valence-electron chi connectivity index (χ2n) is 3.60. The third-order valence-electron chi connectivity index (χ3n) is 2.45. The maximum absolute atomic E-state index is 12.5. The van der Waals surface area contributed by atoms with Gasteiger partial charge in [0.05, 0.1) is 13.2 Å². The first-order valence-corrected chi connectivity index (χ1v) is 4.98. The zero-order valence-electron chi connectivity index (χ0n) is 8.60. The molecule has 0 unspecified atom stereocenters. The van der Waals surface area contributed by atoms with Crippen LogP contribution in [0.3, 0.4) is 0 Å². The number of ether oxygens (including phenoxy) is 1. The summed E-state index contributed by atoms with van der Waals surface area (Å²) >= 11 is 0. The Balaban J connectivity index is 2.20. The fourth-order valence-electron chi connectivity index (χ4n) is 1.63. The predicted molar refractivity (Wildman–Crippen MR) is 56.0 cm³/mol. The van der Waals surface area contributed by atoms with Gasteiger partial charge in [-0.2, -0.15) is 0 Å². The maximum Gasteiger partial charge on any atom is 0.414 e. The molecule has 0 spiro atoms. The van der Waals surface area contributed by atoms with E-state index in [9.17, 15) is 9.18 Å². The summed E-state index contributed by atoms with van der Waals surface area (Å²) in [5.41, 5.74) is 1.11. The fourth-order valence-corrected chi connectivity index (χ4v) is 1.63. The van der Waals surface area contributed by atoms with Crippen LogP contribution >= 0.6 is 0 Å². The SMILES string of the molecule is O=C1O[C@@H](CO)CN1c1cccc(CF)c1. The molecule has 0 aliphatic carbocycles. The van der Waals surface area contributed by atoms with Crippen LogP contribution in [0.2, 0.25) is 0 Å². The number of carbonyl (C=O) groups excluding carboxylic acids is 1. The molecule has 16 heavy (non-hydrogen) atoms. The molecule has 1 saturated heterocycles. The van der Waals surface area contributed by atoms with E-state index in [0.717, 1.165) is 0 Å². The van der Waals surface area contributed by atoms with Gasteiger partial charge in [0, 0.05) is 5.69 Å². The van der Waals surface area contributed by atoms with E-state index < -0.39 is 18.9 Å². The van der Waals surface area contributed by atoms with Crippen molar-refractivity contribution >= 4 is 11.8 Å². The molecule has 1 aliphatic rings. The summed E-state index contributed by atoms with van der Waals surface area (Å²) in [6.07, 6.45) is -1.00. The Morgan fingerprint density at radius 3 is 3.00 bits per heavy atom. The van der Waals surface area contributed by atoms with Crippen molar-refractivity contribution in [3.8, 4) is 0 Å². The first-order valence-electron chi connectivity index (χ1n) is 4.98. The predicted octanol–water partition coefficient (Wildman–Crippen LogP) is 1.47. The lowest BCUT2D eigenvalue weighted by molar-refractivity contribution is 0.0963. The Kier molecular flexibility index (Phi) is 3.05. The summed E-state index contributed by atoms with van der Waals surface area (Å²) in [7, 11) is 0. The number of benzene rings is 1. The van der Waals surface area contributed by atoms with Crippen molar-refractivity contribution in [2.24, 2.45) is 0 Å². The Labute approximate surface area is 92.2 Å². The van der Waals surface area contributed by atoms with Crippen LogP contribution < -0.4 is 4.90 Å². The Hall–Kier alpha value is -1.62. The van der Waals surface area contributed by atoms with Gasteiger partial charge < -0.3 is 9.84 Å². The highest BCUT2D eigenvalue weighted by Gasteiger charge is 2.31. The lowest BCUT2D eigenvalue weighted by Crippen LogP contribution is -2.25. The van der Waals surface area contributed by atoms with Crippen LogP contribution in [-0.4, -0.2) is 30.5 Å². The summed E-state index contributed by atoms with van der Waals surface area (Å²) in [5.74, 6) is 0. The van der Waals surface area contributed by atoms with Crippen LogP contribution in [0.15, 0.2) is 24.3 Å². The van der Waals surface area contributed by atoms with E-state index in [1.165, 1.54) is 4.90 Å². The number of rotatable bonds is 3. The normalized spacial score (nSPS) is 20.0. The number of alkyl halides is 1. The molecule has 1 aliphatic heterocycles. The number of anilines is 1. The van der Waals surface area contributed by atoms with Crippen molar-refractivity contribution in [3.05, 3.63) is 29.8 Å². The molecule has 2 rings (SSSR count). The highest BCUT2D eigenvalue weighted by molar-refractivity contribution is 5.89. The van der Waals surface area contributed by atoms with E-state index in [1.807, 2.05) is 0 Å². The van der Waals surface area contributed by atoms with Gasteiger partial charge in [-0.15, -0.1) is 0 Å². The lowest BCUT2D eigenvalue weighted by Gasteiger charge is -2.13. The molecule has 1 amide bonds. The summed E-state index contributed by atoms with van der Waals surface area (Å²) in [6.45, 7) is -0.476. The van der Waals surface area contributed by atoms with Crippen LogP contribution in [0.4, 0.5) is 14.9 Å². The molecule has 5 heteroatoms. The zero-order valence-corrected chi connectivity index (χ0v) is 8.60. The average molecular weight is 225 g/mol. The van der Waals surface area contributed by atoms with Crippen molar-refractivity contribution in [1.29, 1.82) is 0 Å². The molecule has 1 aromatic carbocycles. The highest BCUT2D eigenvalue weighted by Crippen LogP contribution is 2.22. The van der Waals surface area contributed by atoms with E-state index in [2.05, 4.69) is 0 Å². The Morgan fingerprint density at radius 1 is 1.56 bits per heavy atom. The number of nitrogens with zero attached hydrogens (tertiary/aromatic N) is 1. The number of halogens is 1. The van der Waals surface area contributed by atoms with Crippen molar-refractivity contribution < 1.29 is 19.0 Å². The highest BCUT2D eigenvalue weighted by atomic mass is 19.1. The molecule has 1 heterocycles. The second-order valence-corrected chi connectivity index (χ2v) is 3.60. The van der Waals surface area contributed by atoms with Crippen molar-refractivity contribution in [2.75, 3.05) is 18.1 Å². The topological polar surface area (TPSA) is 49.8 Å². The van der Waals surface area contributed by atoms with Gasteiger partial charge in [-0.1, -0.05) is 12.1 Å². The smallest absolute Gasteiger partial charge is 0.414 e. The first-order chi connectivity index (χ1) is 7.74. The molecule has 0 radical (unpaired) electrons. The molecule has 86 valence electrons. The van der Waals surface area contributed by atoms with Crippen LogP contribution in [0, 0.1) is 0 Å². The number of hydrogen-bond acceptors (Lipinski definition) is 3.